The van der Waals surface area contributed by atoms with Gasteiger partial charge in [0.1, 0.15) is 19.8 Å². The van der Waals surface area contributed by atoms with Crippen molar-refractivity contribution in [1.29, 1.82) is 0 Å². The first-order valence-electron chi connectivity index (χ1n) is 8.09. The van der Waals surface area contributed by atoms with E-state index in [1.54, 1.807) is 0 Å². The number of hydrogen-bond donors (Lipinski definition) is 0. The lowest BCUT2D eigenvalue weighted by molar-refractivity contribution is 0.237. The predicted molar refractivity (Wildman–Crippen MR) is 130 cm³/mol. The summed E-state index contributed by atoms with van der Waals surface area (Å²) in [5, 5.41) is 0. The van der Waals surface area contributed by atoms with Crippen molar-refractivity contribution in [3.8, 4) is 18.0 Å². The molecule has 0 N–H and O–H groups in total. The molecule has 0 saturated carbocycles. The highest BCUT2D eigenvalue weighted by molar-refractivity contribution is 9.13. The quantitative estimate of drug-likeness (QED) is 0.257. The van der Waals surface area contributed by atoms with E-state index in [9.17, 15) is 0 Å². The van der Waals surface area contributed by atoms with Gasteiger partial charge < -0.3 is 14.2 Å². The van der Waals surface area contributed by atoms with Crippen LogP contribution in [0.25, 0.3) is 0 Å². The van der Waals surface area contributed by atoms with Gasteiger partial charge in [-0.05, 0) is 0 Å². The number of halogens is 6. The van der Waals surface area contributed by atoms with Crippen molar-refractivity contribution in [2.45, 2.75) is 49.7 Å². The molecule has 1 aromatic rings. The first kappa shape index (κ1) is 26.3. The van der Waals surface area contributed by atoms with E-state index >= 15 is 0 Å². The summed E-state index contributed by atoms with van der Waals surface area (Å²) in [5.74, 6) is 0. The van der Waals surface area contributed by atoms with Crippen molar-refractivity contribution in [3.63, 3.8) is 0 Å². The van der Waals surface area contributed by atoms with Crippen molar-refractivity contribution < 1.29 is 14.2 Å². The second kappa shape index (κ2) is 13.6. The van der Waals surface area contributed by atoms with E-state index in [4.69, 9.17) is 14.2 Å². The van der Waals surface area contributed by atoms with Crippen LogP contribution >= 0.6 is 95.6 Å². The largest absolute Gasteiger partial charge is 0.462 e. The van der Waals surface area contributed by atoms with Gasteiger partial charge in [0.15, 0.2) is 0 Å². The third-order valence-electron chi connectivity index (χ3n) is 3.18. The molecule has 1 heterocycles. The molecule has 0 amide bonds. The van der Waals surface area contributed by atoms with Crippen LogP contribution in [0.1, 0.15) is 20.8 Å². The number of alkyl halides is 6. The summed E-state index contributed by atoms with van der Waals surface area (Å²) in [4.78, 5) is 13.7. The number of aromatic nitrogens is 3. The van der Waals surface area contributed by atoms with Crippen LogP contribution in [0.15, 0.2) is 0 Å². The second-order valence-electron chi connectivity index (χ2n) is 5.70. The molecule has 27 heavy (non-hydrogen) atoms. The Balaban J connectivity index is 2.86. The predicted octanol–water partition coefficient (Wildman–Crippen LogP) is 5.65. The first-order valence-corrected chi connectivity index (χ1v) is 13.6. The zero-order valence-corrected chi connectivity index (χ0v) is 24.4. The zero-order chi connectivity index (χ0) is 20.6. The molecule has 6 unspecified atom stereocenters. The molecule has 0 aliphatic heterocycles. The van der Waals surface area contributed by atoms with Crippen LogP contribution in [0.4, 0.5) is 0 Å². The fourth-order valence-electron chi connectivity index (χ4n) is 1.37. The highest BCUT2D eigenvalue weighted by Gasteiger charge is 2.18. The number of ether oxygens (including phenoxy) is 3. The van der Waals surface area contributed by atoms with Crippen molar-refractivity contribution in [2.75, 3.05) is 19.8 Å². The van der Waals surface area contributed by atoms with Gasteiger partial charge in [0.05, 0.1) is 14.5 Å². The minimum atomic E-state index is 0.102. The van der Waals surface area contributed by atoms with Gasteiger partial charge in [-0.15, -0.1) is 15.0 Å². The Hall–Kier alpha value is 1.29. The Labute approximate surface area is 210 Å². The van der Waals surface area contributed by atoms with Gasteiger partial charge in [-0.25, -0.2) is 0 Å². The Morgan fingerprint density at radius 3 is 0.963 bits per heavy atom. The molecule has 0 spiro atoms. The van der Waals surface area contributed by atoms with Gasteiger partial charge in [-0.2, -0.15) is 0 Å². The average molecular weight is 771 g/mol. The van der Waals surface area contributed by atoms with Crippen LogP contribution in [0.5, 0.6) is 18.0 Å². The van der Waals surface area contributed by atoms with Gasteiger partial charge in [0, 0.05) is 14.5 Å². The molecule has 0 aliphatic carbocycles. The summed E-state index contributed by atoms with van der Waals surface area (Å²) >= 11 is 21.1. The number of nitrogens with zero attached hydrogens (tertiary/aromatic N) is 3. The Morgan fingerprint density at radius 1 is 0.556 bits per heavy atom. The van der Waals surface area contributed by atoms with E-state index in [0.29, 0.717) is 19.8 Å². The van der Waals surface area contributed by atoms with Crippen LogP contribution in [0, 0.1) is 0 Å². The minimum Gasteiger partial charge on any atom is -0.462 e. The van der Waals surface area contributed by atoms with E-state index in [-0.39, 0.29) is 47.0 Å². The molecule has 0 aromatic carbocycles. The first-order chi connectivity index (χ1) is 12.6. The van der Waals surface area contributed by atoms with Crippen molar-refractivity contribution in [1.82, 2.24) is 15.0 Å². The summed E-state index contributed by atoms with van der Waals surface area (Å²) in [6, 6.07) is 0.468. The summed E-state index contributed by atoms with van der Waals surface area (Å²) in [6.07, 6.45) is 0. The fraction of sp³-hybridized carbons (Fsp3) is 0.800. The molecule has 0 bridgehead atoms. The third-order valence-corrected chi connectivity index (χ3v) is 10.4. The van der Waals surface area contributed by atoms with Crippen LogP contribution in [0.2, 0.25) is 0 Å². The highest BCUT2D eigenvalue weighted by atomic mass is 79.9. The second-order valence-corrected chi connectivity index (χ2v) is 13.6. The third kappa shape index (κ3) is 10.8. The normalized spacial score (nSPS) is 18.1. The van der Waals surface area contributed by atoms with Gasteiger partial charge in [-0.3, -0.25) is 0 Å². The minimum absolute atomic E-state index is 0.102. The molecule has 12 heteroatoms. The van der Waals surface area contributed by atoms with E-state index in [1.807, 2.05) is 20.8 Å². The van der Waals surface area contributed by atoms with Crippen LogP contribution in [-0.2, 0) is 0 Å². The molecule has 6 nitrogen and oxygen atoms in total. The van der Waals surface area contributed by atoms with Crippen LogP contribution in [0.3, 0.4) is 0 Å². The molecular weight excluding hydrogens is 750 g/mol. The number of hydrogen-bond acceptors (Lipinski definition) is 6. The van der Waals surface area contributed by atoms with Gasteiger partial charge >= 0.3 is 18.0 Å². The fourth-order valence-corrected chi connectivity index (χ4v) is 2.23. The van der Waals surface area contributed by atoms with Crippen molar-refractivity contribution >= 4 is 95.6 Å². The lowest BCUT2D eigenvalue weighted by Crippen LogP contribution is -2.23. The van der Waals surface area contributed by atoms with Gasteiger partial charge in [0.2, 0.25) is 0 Å². The molecule has 6 atom stereocenters. The summed E-state index contributed by atoms with van der Waals surface area (Å²) in [5.41, 5.74) is 0. The van der Waals surface area contributed by atoms with Gasteiger partial charge in [0.25, 0.3) is 0 Å². The Morgan fingerprint density at radius 2 is 0.778 bits per heavy atom. The molecule has 0 fully saturated rings. The van der Waals surface area contributed by atoms with E-state index in [0.717, 1.165) is 0 Å². The maximum atomic E-state index is 5.68. The van der Waals surface area contributed by atoms with Gasteiger partial charge in [-0.1, -0.05) is 116 Å². The smallest absolute Gasteiger partial charge is 0.325 e. The Kier molecular flexibility index (Phi) is 13.2. The van der Waals surface area contributed by atoms with Crippen molar-refractivity contribution in [2.24, 2.45) is 0 Å². The van der Waals surface area contributed by atoms with E-state index < -0.39 is 0 Å². The topological polar surface area (TPSA) is 66.4 Å². The summed E-state index contributed by atoms with van der Waals surface area (Å²) in [6.45, 7) is 7.22. The maximum Gasteiger partial charge on any atom is 0.325 e. The van der Waals surface area contributed by atoms with Crippen LogP contribution < -0.4 is 14.2 Å². The average Bonchev–Trinajstić information content (AvgIpc) is 2.61. The summed E-state index contributed by atoms with van der Waals surface area (Å²) in [7, 11) is 0. The monoisotopic (exact) mass is 765 g/mol. The maximum absolute atomic E-state index is 5.68. The summed E-state index contributed by atoms with van der Waals surface area (Å²) < 4.78 is 17.0. The molecular formula is C15H21Br6N3O3. The molecule has 156 valence electrons. The lowest BCUT2D eigenvalue weighted by atomic mass is 10.3. The molecule has 1 aromatic heterocycles. The molecule has 1 rings (SSSR count). The SMILES string of the molecule is CC(Br)C(Br)COc1nc(OCC(Br)C(C)Br)nc(OCC(Br)C(C)Br)n1. The molecule has 0 aliphatic rings. The van der Waals surface area contributed by atoms with Crippen LogP contribution in [-0.4, -0.2) is 63.7 Å². The molecule has 0 saturated heterocycles. The highest BCUT2D eigenvalue weighted by Crippen LogP contribution is 2.21. The van der Waals surface area contributed by atoms with E-state index in [1.165, 1.54) is 0 Å². The lowest BCUT2D eigenvalue weighted by Gasteiger charge is -2.16. The standard InChI is InChI=1S/C15H21Br6N3O3/c1-7(16)10(19)4-25-13-22-14(26-5-11(20)8(2)17)24-15(23-13)27-6-12(21)9(3)18/h7-12H,4-6H2,1-3H3. The van der Waals surface area contributed by atoms with E-state index in [2.05, 4.69) is 111 Å². The molecule has 0 radical (unpaired) electrons. The van der Waals surface area contributed by atoms with Crippen molar-refractivity contribution in [3.05, 3.63) is 0 Å². The zero-order valence-electron chi connectivity index (χ0n) is 14.9. The Bertz CT molecular complexity index is 479. The number of rotatable bonds is 12.